The summed E-state index contributed by atoms with van der Waals surface area (Å²) in [5.41, 5.74) is 6.24. The van der Waals surface area contributed by atoms with Crippen molar-refractivity contribution in [3.63, 3.8) is 0 Å². The van der Waals surface area contributed by atoms with Crippen LogP contribution < -0.4 is 0 Å². The maximum atomic E-state index is 14.0. The molecule has 0 spiro atoms. The van der Waals surface area contributed by atoms with Gasteiger partial charge in [0.1, 0.15) is 0 Å². The zero-order chi connectivity index (χ0) is 28.6. The monoisotopic (exact) mass is 745 g/mol. The van der Waals surface area contributed by atoms with E-state index in [0.717, 1.165) is 0 Å². The van der Waals surface area contributed by atoms with Gasteiger partial charge in [0.05, 0.1) is 34.2 Å². The SMILES string of the molecule is Fc1c[c-]c(C2c3cccc(n3)C(c3[c-]cc(F)cc3)c3cccc(n3)C(c3[c-]cc(F)cc3)c3cccc2n3)cc1.[Ir+3]. The summed E-state index contributed by atoms with van der Waals surface area (Å²) >= 11 is 0. The minimum Gasteiger partial charge on any atom is -0.284 e. The van der Waals surface area contributed by atoms with Crippen molar-refractivity contribution in [2.45, 2.75) is 17.8 Å². The second-order valence-electron chi connectivity index (χ2n) is 10.1. The molecule has 6 aromatic rings. The van der Waals surface area contributed by atoms with E-state index in [2.05, 4.69) is 18.2 Å². The van der Waals surface area contributed by atoms with Gasteiger partial charge < -0.3 is 0 Å². The van der Waals surface area contributed by atoms with Gasteiger partial charge >= 0.3 is 20.1 Å². The van der Waals surface area contributed by atoms with Crippen LogP contribution in [0.3, 0.4) is 0 Å². The summed E-state index contributed by atoms with van der Waals surface area (Å²) in [6, 6.07) is 39.6. The third kappa shape index (κ3) is 5.66. The fourth-order valence-corrected chi connectivity index (χ4v) is 5.57. The molecule has 1 aliphatic rings. The molecular formula is C36H21F3IrN3. The van der Waals surface area contributed by atoms with Crippen molar-refractivity contribution in [3.05, 3.63) is 196 Å². The van der Waals surface area contributed by atoms with Crippen LogP contribution in [0.15, 0.2) is 109 Å². The van der Waals surface area contributed by atoms with Crippen LogP contribution in [0.2, 0.25) is 0 Å². The van der Waals surface area contributed by atoms with E-state index in [-0.39, 0.29) is 20.1 Å². The molecule has 7 heteroatoms. The second kappa shape index (κ2) is 12.0. The van der Waals surface area contributed by atoms with Gasteiger partial charge in [-0.1, -0.05) is 18.2 Å². The van der Waals surface area contributed by atoms with E-state index in [1.54, 1.807) is 18.2 Å². The van der Waals surface area contributed by atoms with E-state index in [0.29, 0.717) is 50.9 Å². The molecule has 0 fully saturated rings. The van der Waals surface area contributed by atoms with E-state index in [1.807, 2.05) is 54.6 Å². The number of nitrogens with zero attached hydrogens (tertiary/aromatic N) is 3. The van der Waals surface area contributed by atoms with Crippen molar-refractivity contribution < 1.29 is 33.3 Å². The van der Waals surface area contributed by atoms with Crippen molar-refractivity contribution in [2.75, 3.05) is 0 Å². The van der Waals surface area contributed by atoms with Crippen molar-refractivity contribution in [1.82, 2.24) is 15.0 Å². The fraction of sp³-hybridized carbons (Fsp3) is 0.0833. The van der Waals surface area contributed by atoms with Gasteiger partial charge in [0, 0.05) is 35.2 Å². The van der Waals surface area contributed by atoms with Crippen molar-refractivity contribution in [3.8, 4) is 0 Å². The molecule has 3 nitrogen and oxygen atoms in total. The van der Waals surface area contributed by atoms with Gasteiger partial charge in [-0.05, 0) is 36.4 Å². The van der Waals surface area contributed by atoms with Crippen molar-refractivity contribution >= 4 is 0 Å². The summed E-state index contributed by atoms with van der Waals surface area (Å²) in [6.45, 7) is 0. The Morgan fingerprint density at radius 2 is 0.651 bits per heavy atom. The van der Waals surface area contributed by atoms with Gasteiger partial charge in [-0.15, -0.1) is 53.1 Å². The molecule has 0 atom stereocenters. The van der Waals surface area contributed by atoms with Crippen LogP contribution in [0.1, 0.15) is 68.6 Å². The van der Waals surface area contributed by atoms with Crippen LogP contribution in [0.25, 0.3) is 0 Å². The van der Waals surface area contributed by atoms with E-state index in [9.17, 15) is 13.2 Å². The number of fused-ring (bicyclic) bond motifs is 6. The summed E-state index contributed by atoms with van der Waals surface area (Å²) < 4.78 is 41.9. The van der Waals surface area contributed by atoms with E-state index < -0.39 is 35.2 Å². The van der Waals surface area contributed by atoms with Gasteiger partial charge in [0.2, 0.25) is 0 Å². The molecule has 0 unspecified atom stereocenters. The molecule has 43 heavy (non-hydrogen) atoms. The summed E-state index contributed by atoms with van der Waals surface area (Å²) in [4.78, 5) is 15.3. The Labute approximate surface area is 260 Å². The maximum Gasteiger partial charge on any atom is 3.00 e. The Hall–Kier alpha value is -4.45. The number of benzene rings is 3. The van der Waals surface area contributed by atoms with E-state index in [1.165, 1.54) is 36.4 Å². The molecule has 4 heterocycles. The van der Waals surface area contributed by atoms with Gasteiger partial charge in [-0.25, -0.2) is 0 Å². The largest absolute Gasteiger partial charge is 3.00 e. The van der Waals surface area contributed by atoms with Gasteiger partial charge in [-0.3, -0.25) is 28.1 Å². The molecular weight excluding hydrogens is 724 g/mol. The minimum atomic E-state index is -0.466. The Balaban J connectivity index is 0.00000329. The normalized spacial score (nSPS) is 17.2. The maximum absolute atomic E-state index is 14.0. The van der Waals surface area contributed by atoms with Crippen LogP contribution in [-0.4, -0.2) is 15.0 Å². The number of aromatic nitrogens is 3. The number of hydrogen-bond acceptors (Lipinski definition) is 3. The Kier molecular flexibility index (Phi) is 8.02. The average Bonchev–Trinajstić information content (AvgIpc) is 3.01. The summed E-state index contributed by atoms with van der Waals surface area (Å²) in [5.74, 6) is -2.57. The number of hydrogen-bond donors (Lipinski definition) is 0. The Morgan fingerprint density at radius 1 is 0.395 bits per heavy atom. The second-order valence-corrected chi connectivity index (χ2v) is 10.1. The molecule has 1 aliphatic heterocycles. The smallest absolute Gasteiger partial charge is 0.284 e. The number of halogens is 3. The Bertz CT molecular complexity index is 1600. The first-order valence-electron chi connectivity index (χ1n) is 13.5. The summed E-state index contributed by atoms with van der Waals surface area (Å²) in [7, 11) is 0. The molecule has 7 rings (SSSR count). The number of rotatable bonds is 3. The molecule has 0 aliphatic carbocycles. The van der Waals surface area contributed by atoms with Crippen LogP contribution in [0.4, 0.5) is 13.2 Å². The molecule has 0 saturated heterocycles. The van der Waals surface area contributed by atoms with Gasteiger partial charge in [-0.2, -0.15) is 36.4 Å². The minimum absolute atomic E-state index is 0. The third-order valence-corrected chi connectivity index (χ3v) is 7.48. The van der Waals surface area contributed by atoms with Crippen LogP contribution in [0.5, 0.6) is 0 Å². The summed E-state index contributed by atoms with van der Waals surface area (Å²) in [6.07, 6.45) is 0. The van der Waals surface area contributed by atoms with Gasteiger partial charge in [0.25, 0.3) is 0 Å². The molecule has 0 amide bonds. The van der Waals surface area contributed by atoms with Crippen LogP contribution in [-0.2, 0) is 20.1 Å². The number of pyridine rings is 3. The van der Waals surface area contributed by atoms with Gasteiger partial charge in [0.15, 0.2) is 0 Å². The zero-order valence-corrected chi connectivity index (χ0v) is 24.8. The Morgan fingerprint density at radius 3 is 0.860 bits per heavy atom. The fourth-order valence-electron chi connectivity index (χ4n) is 5.57. The van der Waals surface area contributed by atoms with E-state index in [4.69, 9.17) is 15.0 Å². The molecule has 0 N–H and O–H groups in total. The van der Waals surface area contributed by atoms with Crippen molar-refractivity contribution in [2.24, 2.45) is 0 Å². The first-order valence-corrected chi connectivity index (χ1v) is 13.5. The van der Waals surface area contributed by atoms with Crippen LogP contribution in [0, 0.1) is 35.7 Å². The predicted molar refractivity (Wildman–Crippen MR) is 151 cm³/mol. The predicted octanol–water partition coefficient (Wildman–Crippen LogP) is 7.54. The molecule has 3 aromatic heterocycles. The van der Waals surface area contributed by atoms with E-state index >= 15 is 0 Å². The molecule has 210 valence electrons. The molecule has 6 bridgehead atoms. The first-order chi connectivity index (χ1) is 20.5. The van der Waals surface area contributed by atoms with Crippen LogP contribution >= 0.6 is 0 Å². The third-order valence-electron chi connectivity index (χ3n) is 7.48. The molecule has 3 aromatic carbocycles. The average molecular weight is 745 g/mol. The molecule has 0 radical (unpaired) electrons. The standard InChI is InChI=1S/C36H21F3N3.Ir/c37-25-16-10-22(11-17-25)34-28-4-1-5-29(40-28)35(23-12-18-26(38)19-13-23)31-7-3-9-33(42-31)36(24-14-20-27(39)21-15-24)32-8-2-6-30(34)41-32;/h1-10,12,14,16-21,34-36H;/q-3;+3. The zero-order valence-electron chi connectivity index (χ0n) is 22.4. The first kappa shape index (κ1) is 28.7. The molecule has 0 saturated carbocycles. The van der Waals surface area contributed by atoms with Crippen molar-refractivity contribution in [1.29, 1.82) is 0 Å². The quantitative estimate of drug-likeness (QED) is 0.176. The topological polar surface area (TPSA) is 38.7 Å². The summed E-state index contributed by atoms with van der Waals surface area (Å²) in [5, 5.41) is 0.